The van der Waals surface area contributed by atoms with Crippen LogP contribution in [0.25, 0.3) is 0 Å². The molecule has 0 saturated heterocycles. The average Bonchev–Trinajstić information content (AvgIpc) is 2.59. The van der Waals surface area contributed by atoms with Crippen LogP contribution in [0.4, 0.5) is 0 Å². The molecule has 4 nitrogen and oxygen atoms in total. The zero-order chi connectivity index (χ0) is 21.8. The summed E-state index contributed by atoms with van der Waals surface area (Å²) < 4.78 is 11.5. The largest absolute Gasteiger partial charge is 0.468 e. The molecule has 0 aromatic rings. The fraction of sp³-hybridized carbons (Fsp3) is 0.913. The van der Waals surface area contributed by atoms with Gasteiger partial charge in [-0.1, -0.05) is 79.6 Å². The number of unbranched alkanes of at least 4 members (excludes halogenated alkanes) is 5. The number of ether oxygens (including phenoxy) is 1. The highest BCUT2D eigenvalue weighted by Gasteiger charge is 2.40. The predicted molar refractivity (Wildman–Crippen MR) is 120 cm³/mol. The Labute approximate surface area is 175 Å². The van der Waals surface area contributed by atoms with Gasteiger partial charge in [0.25, 0.3) is 0 Å². The minimum atomic E-state index is -1.97. The SMILES string of the molecule is CCCCCCC(C(=O)C[C@H](CCCCC)O[Si](C)(C)C(C)(C)C)C(=O)OC. The van der Waals surface area contributed by atoms with Gasteiger partial charge in [-0.2, -0.15) is 0 Å². The van der Waals surface area contributed by atoms with Crippen molar-refractivity contribution in [3.05, 3.63) is 0 Å². The van der Waals surface area contributed by atoms with Crippen molar-refractivity contribution >= 4 is 20.1 Å². The number of hydrogen-bond donors (Lipinski definition) is 0. The summed E-state index contributed by atoms with van der Waals surface area (Å²) in [6, 6.07) is 0. The Morgan fingerprint density at radius 2 is 1.43 bits per heavy atom. The van der Waals surface area contributed by atoms with Gasteiger partial charge in [-0.25, -0.2) is 0 Å². The Morgan fingerprint density at radius 3 is 1.93 bits per heavy atom. The number of methoxy groups -OCH3 is 1. The maximum atomic E-state index is 13.0. The van der Waals surface area contributed by atoms with Crippen molar-refractivity contribution in [1.82, 2.24) is 0 Å². The summed E-state index contributed by atoms with van der Waals surface area (Å²) in [7, 11) is -0.595. The van der Waals surface area contributed by atoms with Crippen LogP contribution < -0.4 is 0 Å². The molecule has 0 amide bonds. The second-order valence-electron chi connectivity index (χ2n) is 9.59. The zero-order valence-corrected chi connectivity index (χ0v) is 20.9. The first-order chi connectivity index (χ1) is 13.0. The highest BCUT2D eigenvalue weighted by molar-refractivity contribution is 6.74. The van der Waals surface area contributed by atoms with Gasteiger partial charge in [0.05, 0.1) is 13.2 Å². The molecule has 0 aromatic heterocycles. The molecule has 2 atom stereocenters. The van der Waals surface area contributed by atoms with E-state index in [1.807, 2.05) is 0 Å². The van der Waals surface area contributed by atoms with Gasteiger partial charge in [0.15, 0.2) is 8.32 Å². The van der Waals surface area contributed by atoms with Crippen LogP contribution in [0.1, 0.15) is 98.8 Å². The molecule has 0 spiro atoms. The van der Waals surface area contributed by atoms with Gasteiger partial charge < -0.3 is 9.16 Å². The van der Waals surface area contributed by atoms with Crippen LogP contribution in [0, 0.1) is 5.92 Å². The predicted octanol–water partition coefficient (Wildman–Crippen LogP) is 6.68. The van der Waals surface area contributed by atoms with Crippen molar-refractivity contribution in [2.45, 2.75) is 123 Å². The third-order valence-corrected chi connectivity index (χ3v) is 10.6. The fourth-order valence-corrected chi connectivity index (χ4v) is 4.50. The summed E-state index contributed by atoms with van der Waals surface area (Å²) in [5.74, 6) is -1.04. The summed E-state index contributed by atoms with van der Waals surface area (Å²) >= 11 is 0. The molecule has 0 aliphatic heterocycles. The average molecular weight is 415 g/mol. The molecule has 0 aromatic carbocycles. The standard InChI is InChI=1S/C23H46O4Si/c1-9-11-13-15-17-20(22(25)26-6)21(24)18-19(16-14-12-10-2)27-28(7,8)23(3,4)5/h19-20H,9-18H2,1-8H3/t19-,20?/m0/s1. The minimum Gasteiger partial charge on any atom is -0.468 e. The van der Waals surface area contributed by atoms with E-state index in [-0.39, 0.29) is 22.9 Å². The van der Waals surface area contributed by atoms with E-state index in [1.165, 1.54) is 7.11 Å². The molecule has 0 aliphatic rings. The number of Topliss-reactive ketones (excluding diaryl/α,β-unsaturated/α-hetero) is 1. The molecule has 5 heteroatoms. The minimum absolute atomic E-state index is 0.0106. The fourth-order valence-electron chi connectivity index (χ4n) is 3.11. The van der Waals surface area contributed by atoms with Gasteiger partial charge in [0.1, 0.15) is 11.7 Å². The van der Waals surface area contributed by atoms with Gasteiger partial charge in [-0.15, -0.1) is 0 Å². The molecule has 166 valence electrons. The Balaban J connectivity index is 5.15. The number of carbonyl (C=O) groups is 2. The molecular weight excluding hydrogens is 368 g/mol. The lowest BCUT2D eigenvalue weighted by Crippen LogP contribution is -2.45. The Morgan fingerprint density at radius 1 is 0.893 bits per heavy atom. The molecule has 1 unspecified atom stereocenters. The summed E-state index contributed by atoms with van der Waals surface area (Å²) in [5.41, 5.74) is 0. The van der Waals surface area contributed by atoms with Crippen LogP contribution in [0.2, 0.25) is 18.1 Å². The van der Waals surface area contributed by atoms with Crippen molar-refractivity contribution in [2.24, 2.45) is 5.92 Å². The second-order valence-corrected chi connectivity index (χ2v) is 14.3. The summed E-state index contributed by atoms with van der Waals surface area (Å²) in [5, 5.41) is 0.0982. The van der Waals surface area contributed by atoms with Gasteiger partial charge in [0, 0.05) is 6.42 Å². The molecular formula is C23H46O4Si. The van der Waals surface area contributed by atoms with E-state index in [0.717, 1.165) is 51.4 Å². The van der Waals surface area contributed by atoms with Gasteiger partial charge in [-0.05, 0) is 31.0 Å². The molecule has 0 aliphatic carbocycles. The van der Waals surface area contributed by atoms with Crippen molar-refractivity contribution in [2.75, 3.05) is 7.11 Å². The monoisotopic (exact) mass is 414 g/mol. The molecule has 0 rings (SSSR count). The smallest absolute Gasteiger partial charge is 0.316 e. The van der Waals surface area contributed by atoms with Crippen LogP contribution in [-0.4, -0.2) is 33.3 Å². The highest BCUT2D eigenvalue weighted by atomic mass is 28.4. The van der Waals surface area contributed by atoms with Crippen molar-refractivity contribution in [1.29, 1.82) is 0 Å². The quantitative estimate of drug-likeness (QED) is 0.130. The third kappa shape index (κ3) is 10.2. The highest BCUT2D eigenvalue weighted by Crippen LogP contribution is 2.38. The number of ketones is 1. The van der Waals surface area contributed by atoms with Gasteiger partial charge >= 0.3 is 5.97 Å². The van der Waals surface area contributed by atoms with E-state index < -0.39 is 14.2 Å². The van der Waals surface area contributed by atoms with Crippen molar-refractivity contribution in [3.8, 4) is 0 Å². The van der Waals surface area contributed by atoms with Crippen molar-refractivity contribution in [3.63, 3.8) is 0 Å². The first kappa shape index (κ1) is 27.3. The van der Waals surface area contributed by atoms with E-state index in [0.29, 0.717) is 12.8 Å². The van der Waals surface area contributed by atoms with Gasteiger partial charge in [-0.3, -0.25) is 9.59 Å². The third-order valence-electron chi connectivity index (χ3n) is 6.05. The molecule has 0 fully saturated rings. The maximum Gasteiger partial charge on any atom is 0.316 e. The van der Waals surface area contributed by atoms with Crippen LogP contribution in [0.5, 0.6) is 0 Å². The van der Waals surface area contributed by atoms with Gasteiger partial charge in [0.2, 0.25) is 0 Å². The summed E-state index contributed by atoms with van der Waals surface area (Å²) in [6.07, 6.45) is 9.26. The van der Waals surface area contributed by atoms with E-state index in [2.05, 4.69) is 47.7 Å². The van der Waals surface area contributed by atoms with E-state index in [9.17, 15) is 9.59 Å². The topological polar surface area (TPSA) is 52.6 Å². The molecule has 0 heterocycles. The second kappa shape index (κ2) is 13.5. The van der Waals surface area contributed by atoms with Crippen LogP contribution in [0.15, 0.2) is 0 Å². The first-order valence-corrected chi connectivity index (χ1v) is 14.2. The summed E-state index contributed by atoms with van der Waals surface area (Å²) in [6.45, 7) is 15.4. The van der Waals surface area contributed by atoms with E-state index in [4.69, 9.17) is 9.16 Å². The molecule has 28 heavy (non-hydrogen) atoms. The lowest BCUT2D eigenvalue weighted by atomic mass is 9.92. The normalized spacial score (nSPS) is 14.6. The summed E-state index contributed by atoms with van der Waals surface area (Å²) in [4.78, 5) is 25.2. The Kier molecular flexibility index (Phi) is 13.2. The Hall–Kier alpha value is -0.683. The lowest BCUT2D eigenvalue weighted by molar-refractivity contribution is -0.150. The van der Waals surface area contributed by atoms with Crippen LogP contribution in [-0.2, 0) is 18.8 Å². The van der Waals surface area contributed by atoms with Crippen LogP contribution >= 0.6 is 0 Å². The van der Waals surface area contributed by atoms with Crippen LogP contribution in [0.3, 0.4) is 0 Å². The lowest BCUT2D eigenvalue weighted by Gasteiger charge is -2.39. The Bertz CT molecular complexity index is 454. The number of hydrogen-bond acceptors (Lipinski definition) is 4. The van der Waals surface area contributed by atoms with Crippen molar-refractivity contribution < 1.29 is 18.8 Å². The number of esters is 1. The number of rotatable bonds is 15. The molecule has 0 radical (unpaired) electrons. The number of carbonyl (C=O) groups excluding carboxylic acids is 2. The maximum absolute atomic E-state index is 13.0. The van der Waals surface area contributed by atoms with E-state index >= 15 is 0 Å². The molecule has 0 N–H and O–H groups in total. The van der Waals surface area contributed by atoms with E-state index in [1.54, 1.807) is 0 Å². The first-order valence-electron chi connectivity index (χ1n) is 11.3. The zero-order valence-electron chi connectivity index (χ0n) is 19.9. The molecule has 0 saturated carbocycles. The molecule has 0 bridgehead atoms.